The number of hydrogen-bond acceptors (Lipinski definition) is 5. The number of carbonyl (C=O) groups is 3. The van der Waals surface area contributed by atoms with Crippen LogP contribution in [0.2, 0.25) is 5.02 Å². The Kier molecular flexibility index (Phi) is 8.65. The molecule has 3 aromatic rings. The van der Waals surface area contributed by atoms with Gasteiger partial charge in [0.1, 0.15) is 24.7 Å². The average Bonchev–Trinajstić information content (AvgIpc) is 3.13. The van der Waals surface area contributed by atoms with E-state index in [9.17, 15) is 18.8 Å². The molecule has 0 unspecified atom stereocenters. The summed E-state index contributed by atoms with van der Waals surface area (Å²) in [5.74, 6) is -1.38. The van der Waals surface area contributed by atoms with Crippen LogP contribution in [0.25, 0.3) is 6.08 Å². The number of ether oxygens (including phenoxy) is 2. The number of carbonyl (C=O) groups excluding carboxylic acids is 3. The normalized spacial score (nSPS) is 14.0. The molecule has 0 aromatic heterocycles. The number of anilines is 1. The predicted molar refractivity (Wildman–Crippen MR) is 144 cm³/mol. The Morgan fingerprint density at radius 3 is 2.58 bits per heavy atom. The first-order valence-corrected chi connectivity index (χ1v) is 12.6. The molecule has 4 rings (SSSR count). The Labute approximate surface area is 231 Å². The maximum Gasteiger partial charge on any atom is 0.329 e. The van der Waals surface area contributed by atoms with Crippen molar-refractivity contribution in [2.45, 2.75) is 13.5 Å². The summed E-state index contributed by atoms with van der Waals surface area (Å²) in [6, 6.07) is 15.6. The molecule has 1 fully saturated rings. The number of rotatable bonds is 9. The van der Waals surface area contributed by atoms with Crippen molar-refractivity contribution in [2.24, 2.45) is 0 Å². The van der Waals surface area contributed by atoms with Gasteiger partial charge in [0.25, 0.3) is 5.91 Å². The number of amides is 4. The van der Waals surface area contributed by atoms with Gasteiger partial charge in [-0.15, -0.1) is 0 Å². The second-order valence-corrected chi connectivity index (χ2v) is 9.41. The molecule has 196 valence electrons. The molecule has 2 N–H and O–H groups in total. The number of benzene rings is 3. The lowest BCUT2D eigenvalue weighted by Gasteiger charge is -2.15. The van der Waals surface area contributed by atoms with Crippen LogP contribution in [0, 0.1) is 5.82 Å². The van der Waals surface area contributed by atoms with E-state index >= 15 is 0 Å². The zero-order valence-corrected chi connectivity index (χ0v) is 22.4. The lowest BCUT2D eigenvalue weighted by molar-refractivity contribution is -0.127. The molecule has 0 bridgehead atoms. The number of hydrogen-bond donors (Lipinski definition) is 2. The summed E-state index contributed by atoms with van der Waals surface area (Å²) >= 11 is 9.89. The van der Waals surface area contributed by atoms with Crippen LogP contribution in [0.15, 0.2) is 70.8 Å². The summed E-state index contributed by atoms with van der Waals surface area (Å²) in [5, 5.41) is 5.04. The van der Waals surface area contributed by atoms with Crippen molar-refractivity contribution in [1.29, 1.82) is 0 Å². The topological polar surface area (TPSA) is 97.0 Å². The van der Waals surface area contributed by atoms with Gasteiger partial charge in [-0.1, -0.05) is 51.8 Å². The quantitative estimate of drug-likeness (QED) is 0.240. The fourth-order valence-electron chi connectivity index (χ4n) is 3.59. The molecule has 0 radical (unpaired) electrons. The minimum Gasteiger partial charge on any atom is -0.490 e. The van der Waals surface area contributed by atoms with E-state index in [1.54, 1.807) is 18.2 Å². The van der Waals surface area contributed by atoms with Crippen LogP contribution in [0.5, 0.6) is 11.5 Å². The van der Waals surface area contributed by atoms with E-state index in [0.717, 1.165) is 14.9 Å². The van der Waals surface area contributed by atoms with Crippen LogP contribution in [-0.2, 0) is 16.2 Å². The maximum absolute atomic E-state index is 13.8. The van der Waals surface area contributed by atoms with E-state index < -0.39 is 30.2 Å². The molecule has 38 heavy (non-hydrogen) atoms. The first-order chi connectivity index (χ1) is 18.2. The predicted octanol–water partition coefficient (Wildman–Crippen LogP) is 5.75. The van der Waals surface area contributed by atoms with Gasteiger partial charge in [0.15, 0.2) is 11.5 Å². The van der Waals surface area contributed by atoms with Crippen molar-refractivity contribution < 1.29 is 28.2 Å². The van der Waals surface area contributed by atoms with Crippen LogP contribution in [0.3, 0.4) is 0 Å². The summed E-state index contributed by atoms with van der Waals surface area (Å²) in [6.07, 6.45) is 1.42. The van der Waals surface area contributed by atoms with Crippen LogP contribution in [0.4, 0.5) is 14.9 Å². The molecule has 0 spiro atoms. The largest absolute Gasteiger partial charge is 0.490 e. The van der Waals surface area contributed by atoms with E-state index in [1.807, 2.05) is 31.2 Å². The number of imide groups is 1. The van der Waals surface area contributed by atoms with Gasteiger partial charge < -0.3 is 20.1 Å². The third kappa shape index (κ3) is 6.51. The summed E-state index contributed by atoms with van der Waals surface area (Å²) in [6.45, 7) is 1.81. The van der Waals surface area contributed by atoms with Crippen LogP contribution in [-0.4, -0.2) is 35.9 Å². The summed E-state index contributed by atoms with van der Waals surface area (Å²) in [4.78, 5) is 38.3. The first kappa shape index (κ1) is 27.2. The lowest BCUT2D eigenvalue weighted by atomic mass is 10.1. The van der Waals surface area contributed by atoms with Gasteiger partial charge in [0.05, 0.1) is 17.3 Å². The summed E-state index contributed by atoms with van der Waals surface area (Å²) in [5.41, 5.74) is 1.28. The van der Waals surface area contributed by atoms with Gasteiger partial charge in [-0.2, -0.15) is 0 Å². The first-order valence-electron chi connectivity index (χ1n) is 11.5. The third-order valence-corrected chi connectivity index (χ3v) is 6.16. The number of nitrogens with one attached hydrogen (secondary N) is 2. The molecule has 1 saturated heterocycles. The van der Waals surface area contributed by atoms with Gasteiger partial charge in [-0.05, 0) is 60.5 Å². The van der Waals surface area contributed by atoms with Crippen molar-refractivity contribution in [2.75, 3.05) is 18.5 Å². The number of halogens is 3. The van der Waals surface area contributed by atoms with Crippen molar-refractivity contribution in [3.05, 3.63) is 92.8 Å². The highest BCUT2D eigenvalue weighted by molar-refractivity contribution is 9.10. The van der Waals surface area contributed by atoms with Crippen molar-refractivity contribution in [3.63, 3.8) is 0 Å². The molecule has 3 aromatic carbocycles. The number of urea groups is 1. The monoisotopic (exact) mass is 601 g/mol. The van der Waals surface area contributed by atoms with E-state index in [2.05, 4.69) is 26.6 Å². The van der Waals surface area contributed by atoms with Gasteiger partial charge in [-0.25, -0.2) is 14.1 Å². The Bertz CT molecular complexity index is 1410. The van der Waals surface area contributed by atoms with Crippen molar-refractivity contribution >= 4 is 57.1 Å². The molecule has 1 aliphatic rings. The highest BCUT2D eigenvalue weighted by Gasteiger charge is 2.35. The Balaban J connectivity index is 1.49. The Morgan fingerprint density at radius 1 is 1.13 bits per heavy atom. The van der Waals surface area contributed by atoms with E-state index in [0.29, 0.717) is 23.7 Å². The molecule has 4 amide bonds. The lowest BCUT2D eigenvalue weighted by Crippen LogP contribution is -2.38. The van der Waals surface area contributed by atoms with Crippen LogP contribution < -0.4 is 20.1 Å². The summed E-state index contributed by atoms with van der Waals surface area (Å²) < 4.78 is 26.4. The summed E-state index contributed by atoms with van der Waals surface area (Å²) in [7, 11) is 0. The molecule has 11 heteroatoms. The van der Waals surface area contributed by atoms with E-state index in [4.69, 9.17) is 21.1 Å². The van der Waals surface area contributed by atoms with Gasteiger partial charge in [0.2, 0.25) is 5.91 Å². The molecular formula is C27H22BrClFN3O5. The van der Waals surface area contributed by atoms with Crippen LogP contribution >= 0.6 is 27.5 Å². The van der Waals surface area contributed by atoms with Crippen LogP contribution in [0.1, 0.15) is 18.1 Å². The standard InChI is InChI=1S/C27H22BrClFN3O5/c1-2-37-23-13-17(11-19(29)25(23)38-15-16-7-9-18(28)10-8-16)12-22-26(35)33(27(36)32-22)14-24(34)31-21-6-4-3-5-20(21)30/h3-13H,2,14-15H2,1H3,(H,31,34)(H,32,36)/b22-12+. The second-order valence-electron chi connectivity index (χ2n) is 8.09. The molecular weight excluding hydrogens is 581 g/mol. The molecule has 0 atom stereocenters. The fourth-order valence-corrected chi connectivity index (χ4v) is 4.13. The maximum atomic E-state index is 13.8. The van der Waals surface area contributed by atoms with Gasteiger partial charge in [-0.3, -0.25) is 9.59 Å². The number of para-hydroxylation sites is 1. The Morgan fingerprint density at radius 2 is 1.87 bits per heavy atom. The SMILES string of the molecule is CCOc1cc(/C=C2/NC(=O)N(CC(=O)Nc3ccccc3F)C2=O)cc(Cl)c1OCc1ccc(Br)cc1. The molecule has 0 aliphatic carbocycles. The van der Waals surface area contributed by atoms with Crippen molar-refractivity contribution in [1.82, 2.24) is 10.2 Å². The highest BCUT2D eigenvalue weighted by atomic mass is 79.9. The van der Waals surface area contributed by atoms with E-state index in [-0.39, 0.29) is 23.0 Å². The molecule has 8 nitrogen and oxygen atoms in total. The number of nitrogens with zero attached hydrogens (tertiary/aromatic N) is 1. The average molecular weight is 603 g/mol. The van der Waals surface area contributed by atoms with Gasteiger partial charge >= 0.3 is 6.03 Å². The zero-order valence-electron chi connectivity index (χ0n) is 20.1. The van der Waals surface area contributed by atoms with E-state index in [1.165, 1.54) is 24.3 Å². The van der Waals surface area contributed by atoms with Crippen molar-refractivity contribution in [3.8, 4) is 11.5 Å². The Hall–Kier alpha value is -3.89. The second kappa shape index (κ2) is 12.1. The minimum absolute atomic E-state index is 0.0548. The molecule has 1 heterocycles. The smallest absolute Gasteiger partial charge is 0.329 e. The molecule has 0 saturated carbocycles. The zero-order chi connectivity index (χ0) is 27.2. The third-order valence-electron chi connectivity index (χ3n) is 5.35. The minimum atomic E-state index is -0.782. The highest BCUT2D eigenvalue weighted by Crippen LogP contribution is 2.38. The fraction of sp³-hybridized carbons (Fsp3) is 0.148. The molecule has 1 aliphatic heterocycles. The van der Waals surface area contributed by atoms with Gasteiger partial charge in [0, 0.05) is 4.47 Å².